The smallest absolute Gasteiger partial charge is 0.211 e. The number of fused-ring (bicyclic) bond motifs is 1. The van der Waals surface area contributed by atoms with Gasteiger partial charge in [-0.25, -0.2) is 12.7 Å². The average Bonchev–Trinajstić information content (AvgIpc) is 2.91. The quantitative estimate of drug-likeness (QED) is 0.903. The topological polar surface area (TPSA) is 56.4 Å². The van der Waals surface area contributed by atoms with Gasteiger partial charge in [0.25, 0.3) is 0 Å². The van der Waals surface area contributed by atoms with Crippen LogP contribution in [0.4, 0.5) is 5.69 Å². The molecule has 1 N–H and O–H groups in total. The maximum atomic E-state index is 11.6. The number of halogens is 1. The number of aromatic nitrogens is 1. The lowest BCUT2D eigenvalue weighted by Gasteiger charge is -2.53. The van der Waals surface area contributed by atoms with Crippen LogP contribution in [-0.2, 0) is 10.0 Å². The highest BCUT2D eigenvalue weighted by atomic mass is 35.5. The van der Waals surface area contributed by atoms with Crippen molar-refractivity contribution in [3.63, 3.8) is 0 Å². The highest BCUT2D eigenvalue weighted by molar-refractivity contribution is 7.88. The highest BCUT2D eigenvalue weighted by Crippen LogP contribution is 2.43. The minimum absolute atomic E-state index is 0.176. The number of hydrogen-bond acceptors (Lipinski definition) is 3. The zero-order chi connectivity index (χ0) is 16.2. The van der Waals surface area contributed by atoms with Crippen LogP contribution in [-0.4, -0.2) is 50.1 Å². The van der Waals surface area contributed by atoms with Gasteiger partial charge in [0.1, 0.15) is 0 Å². The summed E-state index contributed by atoms with van der Waals surface area (Å²) in [6, 6.07) is 6.06. The van der Waals surface area contributed by atoms with Crippen LogP contribution in [0.5, 0.6) is 0 Å². The molecular weight excluding hydrogens is 334 g/mol. The van der Waals surface area contributed by atoms with Crippen LogP contribution in [0.15, 0.2) is 24.4 Å². The van der Waals surface area contributed by atoms with Gasteiger partial charge in [0.15, 0.2) is 0 Å². The van der Waals surface area contributed by atoms with Gasteiger partial charge in [0.05, 0.1) is 6.26 Å². The molecule has 0 saturated carbocycles. The van der Waals surface area contributed by atoms with Crippen LogP contribution >= 0.6 is 11.6 Å². The van der Waals surface area contributed by atoms with Crippen molar-refractivity contribution in [3.8, 4) is 0 Å². The zero-order valence-corrected chi connectivity index (χ0v) is 14.6. The molecule has 7 heteroatoms. The Morgan fingerprint density at radius 2 is 1.91 bits per heavy atom. The summed E-state index contributed by atoms with van der Waals surface area (Å²) in [4.78, 5) is 5.59. The van der Waals surface area contributed by atoms with Crippen molar-refractivity contribution in [2.45, 2.75) is 12.8 Å². The Morgan fingerprint density at radius 3 is 2.57 bits per heavy atom. The molecule has 1 aromatic heterocycles. The van der Waals surface area contributed by atoms with Crippen LogP contribution in [0.25, 0.3) is 10.9 Å². The van der Waals surface area contributed by atoms with E-state index in [2.05, 4.69) is 16.0 Å². The molecule has 0 amide bonds. The van der Waals surface area contributed by atoms with Gasteiger partial charge in [0.2, 0.25) is 10.0 Å². The number of hydrogen-bond donors (Lipinski definition) is 1. The predicted molar refractivity (Wildman–Crippen MR) is 93.6 cm³/mol. The summed E-state index contributed by atoms with van der Waals surface area (Å²) in [6.45, 7) is 3.24. The van der Waals surface area contributed by atoms with Gasteiger partial charge in [-0.1, -0.05) is 11.6 Å². The van der Waals surface area contributed by atoms with Gasteiger partial charge in [0, 0.05) is 59.4 Å². The van der Waals surface area contributed by atoms with E-state index in [1.54, 1.807) is 4.31 Å². The van der Waals surface area contributed by atoms with E-state index in [-0.39, 0.29) is 5.41 Å². The molecule has 1 aromatic carbocycles. The van der Waals surface area contributed by atoms with E-state index < -0.39 is 10.0 Å². The van der Waals surface area contributed by atoms with Crippen molar-refractivity contribution >= 4 is 38.2 Å². The Balaban J connectivity index is 1.51. The third kappa shape index (κ3) is 2.62. The van der Waals surface area contributed by atoms with Gasteiger partial charge in [-0.2, -0.15) is 0 Å². The zero-order valence-electron chi connectivity index (χ0n) is 13.0. The van der Waals surface area contributed by atoms with Gasteiger partial charge >= 0.3 is 0 Å². The third-order valence-corrected chi connectivity index (χ3v) is 6.68. The molecule has 124 valence electrons. The van der Waals surface area contributed by atoms with Gasteiger partial charge in [-0.3, -0.25) is 0 Å². The summed E-state index contributed by atoms with van der Waals surface area (Å²) < 4.78 is 24.7. The van der Waals surface area contributed by atoms with Gasteiger partial charge < -0.3 is 9.88 Å². The van der Waals surface area contributed by atoms with Crippen LogP contribution in [0, 0.1) is 5.41 Å². The fourth-order valence-corrected chi connectivity index (χ4v) is 5.08. The van der Waals surface area contributed by atoms with Crippen molar-refractivity contribution in [3.05, 3.63) is 29.4 Å². The van der Waals surface area contributed by atoms with Crippen molar-refractivity contribution in [2.75, 3.05) is 37.3 Å². The number of H-pyrrole nitrogens is 1. The Kier molecular flexibility index (Phi) is 3.41. The average molecular weight is 354 g/mol. The molecule has 3 heterocycles. The molecule has 2 fully saturated rings. The second kappa shape index (κ2) is 5.13. The number of piperidine rings is 1. The van der Waals surface area contributed by atoms with E-state index >= 15 is 0 Å². The molecule has 0 radical (unpaired) electrons. The molecular formula is C16H20ClN3O2S. The normalized spacial score (nSPS) is 21.7. The third-order valence-electron chi connectivity index (χ3n) is 5.27. The first-order valence-corrected chi connectivity index (χ1v) is 10.1. The van der Waals surface area contributed by atoms with Gasteiger partial charge in [-0.05, 0) is 31.0 Å². The Bertz CT molecular complexity index is 845. The minimum atomic E-state index is -3.04. The predicted octanol–water partition coefficient (Wildman–Crippen LogP) is 2.68. The van der Waals surface area contributed by atoms with Crippen molar-refractivity contribution < 1.29 is 8.42 Å². The second-order valence-electron chi connectivity index (χ2n) is 6.88. The summed E-state index contributed by atoms with van der Waals surface area (Å²) in [5.74, 6) is 0. The van der Waals surface area contributed by atoms with Gasteiger partial charge in [-0.15, -0.1) is 0 Å². The number of anilines is 1. The molecule has 2 aliphatic rings. The second-order valence-corrected chi connectivity index (χ2v) is 9.30. The summed E-state index contributed by atoms with van der Waals surface area (Å²) in [5.41, 5.74) is 2.40. The van der Waals surface area contributed by atoms with Crippen LogP contribution in [0.3, 0.4) is 0 Å². The molecule has 2 aliphatic heterocycles. The number of rotatable bonds is 2. The summed E-state index contributed by atoms with van der Waals surface area (Å²) in [6.07, 6.45) is 5.28. The molecule has 2 aromatic rings. The fraction of sp³-hybridized carbons (Fsp3) is 0.500. The largest absolute Gasteiger partial charge is 0.371 e. The van der Waals surface area contributed by atoms with E-state index in [1.807, 2.05) is 18.3 Å². The maximum absolute atomic E-state index is 11.6. The van der Waals surface area contributed by atoms with Crippen molar-refractivity contribution in [2.24, 2.45) is 5.41 Å². The molecule has 0 aliphatic carbocycles. The first-order chi connectivity index (χ1) is 10.9. The standard InChI is InChI=1S/C16H20ClN3O2S/c1-23(21,22)20-10-16(11-20)3-6-19(7-4-16)15-9-12(17)8-14-13(15)2-5-18-14/h2,5,8-9,18H,3-4,6-7,10-11H2,1H3. The monoisotopic (exact) mass is 353 g/mol. The first kappa shape index (κ1) is 15.3. The summed E-state index contributed by atoms with van der Waals surface area (Å²) >= 11 is 6.24. The lowest BCUT2D eigenvalue weighted by atomic mass is 9.73. The van der Waals surface area contributed by atoms with E-state index in [0.29, 0.717) is 13.1 Å². The molecule has 0 atom stereocenters. The van der Waals surface area contributed by atoms with E-state index in [1.165, 1.54) is 17.3 Å². The van der Waals surface area contributed by atoms with E-state index in [9.17, 15) is 8.42 Å². The molecule has 4 rings (SSSR count). The number of aromatic amines is 1. The van der Waals surface area contributed by atoms with Crippen molar-refractivity contribution in [1.82, 2.24) is 9.29 Å². The summed E-state index contributed by atoms with van der Waals surface area (Å²) in [5, 5.41) is 1.93. The first-order valence-electron chi connectivity index (χ1n) is 7.83. The Labute approximate surface area is 141 Å². The molecule has 0 bridgehead atoms. The van der Waals surface area contributed by atoms with Crippen molar-refractivity contribution in [1.29, 1.82) is 0 Å². The maximum Gasteiger partial charge on any atom is 0.211 e. The molecule has 5 nitrogen and oxygen atoms in total. The molecule has 1 spiro atoms. The Hall–Kier alpha value is -1.24. The van der Waals surface area contributed by atoms with Crippen LogP contribution in [0.1, 0.15) is 12.8 Å². The van der Waals surface area contributed by atoms with E-state index in [0.717, 1.165) is 36.5 Å². The summed E-state index contributed by atoms with van der Waals surface area (Å²) in [7, 11) is -3.04. The number of nitrogens with zero attached hydrogens (tertiary/aromatic N) is 2. The SMILES string of the molecule is CS(=O)(=O)N1CC2(CCN(c3cc(Cl)cc4[nH]ccc34)CC2)C1. The lowest BCUT2D eigenvalue weighted by molar-refractivity contribution is 0.0443. The number of benzene rings is 1. The number of sulfonamides is 1. The lowest BCUT2D eigenvalue weighted by Crippen LogP contribution is -2.61. The van der Waals surface area contributed by atoms with E-state index in [4.69, 9.17) is 11.6 Å². The van der Waals surface area contributed by atoms with Crippen LogP contribution in [0.2, 0.25) is 5.02 Å². The molecule has 23 heavy (non-hydrogen) atoms. The highest BCUT2D eigenvalue weighted by Gasteiger charge is 2.48. The fourth-order valence-electron chi connectivity index (χ4n) is 3.85. The van der Waals surface area contributed by atoms with Crippen LogP contribution < -0.4 is 4.90 Å². The molecule has 2 saturated heterocycles. The molecule has 0 unspecified atom stereocenters. The Morgan fingerprint density at radius 1 is 1.22 bits per heavy atom. The number of nitrogens with one attached hydrogen (secondary N) is 1. The minimum Gasteiger partial charge on any atom is -0.371 e.